The van der Waals surface area contributed by atoms with Crippen molar-refractivity contribution >= 4 is 23.7 Å². The maximum atomic E-state index is 13.4. The summed E-state index contributed by atoms with van der Waals surface area (Å²) in [6.07, 6.45) is 4.38. The van der Waals surface area contributed by atoms with Gasteiger partial charge in [0, 0.05) is 18.3 Å². The smallest absolute Gasteiger partial charge is 0.258 e. The van der Waals surface area contributed by atoms with E-state index in [1.54, 1.807) is 4.90 Å². The number of aryl methyl sites for hydroxylation is 2. The predicted octanol–water partition coefficient (Wildman–Crippen LogP) is 7.91. The SMILES string of the molecule is Cc1ccc(/C=C/c2ccc(N(C)C(=O)c3cc(C)c(C)c(C)c3C)c(C)c2C)c(C)c1C. The van der Waals surface area contributed by atoms with E-state index in [2.05, 4.69) is 91.8 Å². The van der Waals surface area contributed by atoms with E-state index in [-0.39, 0.29) is 5.91 Å². The third kappa shape index (κ3) is 4.53. The van der Waals surface area contributed by atoms with Crippen LogP contribution in [0.15, 0.2) is 30.3 Å². The molecule has 0 aliphatic heterocycles. The Balaban J connectivity index is 1.95. The number of anilines is 1. The van der Waals surface area contributed by atoms with Gasteiger partial charge in [-0.1, -0.05) is 30.4 Å². The molecule has 0 heterocycles. The number of carbonyl (C=O) groups excluding carboxylic acids is 1. The van der Waals surface area contributed by atoms with Gasteiger partial charge in [0.1, 0.15) is 0 Å². The molecule has 1 amide bonds. The fourth-order valence-electron chi connectivity index (χ4n) is 4.43. The number of hydrogen-bond acceptors (Lipinski definition) is 1. The zero-order valence-corrected chi connectivity index (χ0v) is 21.9. The van der Waals surface area contributed by atoms with Crippen LogP contribution in [0.1, 0.15) is 71.6 Å². The highest BCUT2D eigenvalue weighted by Crippen LogP contribution is 2.29. The molecule has 2 heteroatoms. The van der Waals surface area contributed by atoms with Crippen molar-refractivity contribution in [3.05, 3.63) is 97.1 Å². The molecule has 0 bridgehead atoms. The maximum Gasteiger partial charge on any atom is 0.258 e. The standard InChI is InChI=1S/C31H37NO/c1-18-11-12-27(23(6)20(18)3)13-14-28-15-16-30(26(9)24(28)7)32(10)31(33)29-17-19(2)21(4)22(5)25(29)8/h11-17H,1-10H3/b14-13+. The first-order valence-electron chi connectivity index (χ1n) is 11.7. The van der Waals surface area contributed by atoms with Crippen LogP contribution in [0.2, 0.25) is 0 Å². The van der Waals surface area contributed by atoms with Gasteiger partial charge in [0.2, 0.25) is 0 Å². The van der Waals surface area contributed by atoms with Crippen molar-refractivity contribution in [2.24, 2.45) is 0 Å². The van der Waals surface area contributed by atoms with Gasteiger partial charge < -0.3 is 4.90 Å². The minimum atomic E-state index is 0.0373. The molecule has 0 unspecified atom stereocenters. The van der Waals surface area contributed by atoms with E-state index in [0.29, 0.717) is 0 Å². The quantitative estimate of drug-likeness (QED) is 0.378. The highest BCUT2D eigenvalue weighted by molar-refractivity contribution is 6.07. The maximum absolute atomic E-state index is 13.4. The van der Waals surface area contributed by atoms with Crippen molar-refractivity contribution in [3.63, 3.8) is 0 Å². The van der Waals surface area contributed by atoms with E-state index in [1.807, 2.05) is 20.0 Å². The second-order valence-electron chi connectivity index (χ2n) is 9.46. The fourth-order valence-corrected chi connectivity index (χ4v) is 4.43. The van der Waals surface area contributed by atoms with Crippen LogP contribution in [-0.4, -0.2) is 13.0 Å². The first kappa shape index (κ1) is 24.5. The lowest BCUT2D eigenvalue weighted by molar-refractivity contribution is 0.0992. The molecular formula is C31H37NO. The van der Waals surface area contributed by atoms with Crippen molar-refractivity contribution in [3.8, 4) is 0 Å². The lowest BCUT2D eigenvalue weighted by Crippen LogP contribution is -2.28. The largest absolute Gasteiger partial charge is 0.311 e. The minimum Gasteiger partial charge on any atom is -0.311 e. The summed E-state index contributed by atoms with van der Waals surface area (Å²) in [7, 11) is 1.88. The zero-order valence-electron chi connectivity index (χ0n) is 21.9. The second-order valence-corrected chi connectivity index (χ2v) is 9.46. The summed E-state index contributed by atoms with van der Waals surface area (Å²) in [4.78, 5) is 15.2. The Morgan fingerprint density at radius 1 is 0.606 bits per heavy atom. The molecule has 0 saturated carbocycles. The molecule has 0 fully saturated rings. The molecule has 0 atom stereocenters. The van der Waals surface area contributed by atoms with Crippen LogP contribution >= 0.6 is 0 Å². The lowest BCUT2D eigenvalue weighted by Gasteiger charge is -2.24. The average molecular weight is 440 g/mol. The van der Waals surface area contributed by atoms with Gasteiger partial charge in [0.15, 0.2) is 0 Å². The highest BCUT2D eigenvalue weighted by Gasteiger charge is 2.20. The first-order chi connectivity index (χ1) is 15.5. The van der Waals surface area contributed by atoms with Crippen LogP contribution in [0.25, 0.3) is 12.2 Å². The van der Waals surface area contributed by atoms with Crippen molar-refractivity contribution in [2.75, 3.05) is 11.9 Å². The molecule has 0 aliphatic rings. The lowest BCUT2D eigenvalue weighted by atomic mass is 9.93. The molecule has 0 N–H and O–H groups in total. The van der Waals surface area contributed by atoms with Gasteiger partial charge in [-0.15, -0.1) is 0 Å². The van der Waals surface area contributed by atoms with Crippen molar-refractivity contribution in [1.82, 2.24) is 0 Å². The molecule has 0 saturated heterocycles. The first-order valence-corrected chi connectivity index (χ1v) is 11.7. The molecule has 0 radical (unpaired) electrons. The predicted molar refractivity (Wildman–Crippen MR) is 144 cm³/mol. The van der Waals surface area contributed by atoms with Gasteiger partial charge in [0.25, 0.3) is 5.91 Å². The van der Waals surface area contributed by atoms with E-state index in [4.69, 9.17) is 0 Å². The van der Waals surface area contributed by atoms with Crippen LogP contribution in [0.3, 0.4) is 0 Å². The van der Waals surface area contributed by atoms with Crippen molar-refractivity contribution < 1.29 is 4.79 Å². The number of carbonyl (C=O) groups is 1. The highest BCUT2D eigenvalue weighted by atomic mass is 16.2. The van der Waals surface area contributed by atoms with Crippen LogP contribution in [0, 0.1) is 62.3 Å². The fraction of sp³-hybridized carbons (Fsp3) is 0.323. The van der Waals surface area contributed by atoms with Gasteiger partial charge in [0.05, 0.1) is 0 Å². The molecule has 3 aromatic carbocycles. The van der Waals surface area contributed by atoms with E-state index in [9.17, 15) is 4.79 Å². The molecule has 0 aromatic heterocycles. The Labute approximate surface area is 200 Å². The van der Waals surface area contributed by atoms with Gasteiger partial charge >= 0.3 is 0 Å². The molecule has 33 heavy (non-hydrogen) atoms. The minimum absolute atomic E-state index is 0.0373. The molecule has 2 nitrogen and oxygen atoms in total. The Bertz CT molecular complexity index is 1280. The summed E-state index contributed by atoms with van der Waals surface area (Å²) in [5.74, 6) is 0.0373. The Morgan fingerprint density at radius 2 is 1.12 bits per heavy atom. The Morgan fingerprint density at radius 3 is 1.73 bits per heavy atom. The zero-order chi connectivity index (χ0) is 24.6. The molecule has 3 rings (SSSR count). The molecule has 3 aromatic rings. The molecule has 0 spiro atoms. The van der Waals surface area contributed by atoms with Crippen molar-refractivity contribution in [2.45, 2.75) is 62.3 Å². The third-order valence-corrected chi connectivity index (χ3v) is 7.72. The number of hydrogen-bond donors (Lipinski definition) is 0. The number of benzene rings is 3. The number of amides is 1. The summed E-state index contributed by atoms with van der Waals surface area (Å²) in [6.45, 7) is 19.1. The molecule has 0 aliphatic carbocycles. The number of nitrogens with zero attached hydrogens (tertiary/aromatic N) is 1. The van der Waals surface area contributed by atoms with Crippen LogP contribution in [0.4, 0.5) is 5.69 Å². The number of rotatable bonds is 4. The normalized spacial score (nSPS) is 11.3. The van der Waals surface area contributed by atoms with E-state index >= 15 is 0 Å². The van der Waals surface area contributed by atoms with Gasteiger partial charge in [-0.25, -0.2) is 0 Å². The average Bonchev–Trinajstić information content (AvgIpc) is 2.79. The third-order valence-electron chi connectivity index (χ3n) is 7.72. The molecular weight excluding hydrogens is 402 g/mol. The van der Waals surface area contributed by atoms with E-state index < -0.39 is 0 Å². The van der Waals surface area contributed by atoms with Gasteiger partial charge in [-0.05, 0) is 136 Å². The summed E-state index contributed by atoms with van der Waals surface area (Å²) in [5.41, 5.74) is 15.1. The second kappa shape index (κ2) is 9.39. The van der Waals surface area contributed by atoms with Gasteiger partial charge in [-0.3, -0.25) is 4.79 Å². The summed E-state index contributed by atoms with van der Waals surface area (Å²) in [5, 5.41) is 0. The topological polar surface area (TPSA) is 20.3 Å². The summed E-state index contributed by atoms with van der Waals surface area (Å²) < 4.78 is 0. The molecule has 172 valence electrons. The summed E-state index contributed by atoms with van der Waals surface area (Å²) >= 11 is 0. The van der Waals surface area contributed by atoms with Crippen LogP contribution < -0.4 is 4.90 Å². The Kier molecular flexibility index (Phi) is 6.97. The Hall–Kier alpha value is -3.13. The van der Waals surface area contributed by atoms with Crippen LogP contribution in [-0.2, 0) is 0 Å². The van der Waals surface area contributed by atoms with Crippen molar-refractivity contribution in [1.29, 1.82) is 0 Å². The van der Waals surface area contributed by atoms with E-state index in [0.717, 1.165) is 27.9 Å². The monoisotopic (exact) mass is 439 g/mol. The summed E-state index contributed by atoms with van der Waals surface area (Å²) in [6, 6.07) is 10.6. The van der Waals surface area contributed by atoms with E-state index in [1.165, 1.54) is 44.5 Å². The van der Waals surface area contributed by atoms with Crippen LogP contribution in [0.5, 0.6) is 0 Å². The van der Waals surface area contributed by atoms with Gasteiger partial charge in [-0.2, -0.15) is 0 Å².